The van der Waals surface area contributed by atoms with Crippen molar-refractivity contribution in [3.63, 3.8) is 0 Å². The first-order valence-corrected chi connectivity index (χ1v) is 4.74. The Morgan fingerprint density at radius 3 is 3.00 bits per heavy atom. The molecule has 0 radical (unpaired) electrons. The molecule has 2 nitrogen and oxygen atoms in total. The lowest BCUT2D eigenvalue weighted by Gasteiger charge is -2.22. The van der Waals surface area contributed by atoms with Gasteiger partial charge in [-0.15, -0.1) is 0 Å². The monoisotopic (exact) mass is 157 g/mol. The van der Waals surface area contributed by atoms with Crippen molar-refractivity contribution in [3.05, 3.63) is 0 Å². The van der Waals surface area contributed by atoms with Crippen LogP contribution >= 0.6 is 0 Å². The molecule has 1 fully saturated rings. The molecule has 1 atom stereocenters. The van der Waals surface area contributed by atoms with E-state index in [2.05, 4.69) is 5.32 Å². The minimum atomic E-state index is 0.732. The average molecular weight is 157 g/mol. The third-order valence-electron chi connectivity index (χ3n) is 2.23. The Balaban J connectivity index is 1.96. The number of nitrogens with one attached hydrogen (secondary N) is 1. The first-order chi connectivity index (χ1) is 5.43. The lowest BCUT2D eigenvalue weighted by molar-refractivity contribution is 0.133. The molecule has 1 rings (SSSR count). The van der Waals surface area contributed by atoms with Crippen molar-refractivity contribution in [3.8, 4) is 0 Å². The van der Waals surface area contributed by atoms with Gasteiger partial charge in [0, 0.05) is 19.3 Å². The molecule has 0 aromatic carbocycles. The Hall–Kier alpha value is -0.0800. The van der Waals surface area contributed by atoms with Crippen LogP contribution in [0.1, 0.15) is 32.6 Å². The molecular weight excluding hydrogens is 138 g/mol. The zero-order valence-corrected chi connectivity index (χ0v) is 7.44. The van der Waals surface area contributed by atoms with Gasteiger partial charge in [0.05, 0.1) is 0 Å². The zero-order valence-electron chi connectivity index (χ0n) is 7.44. The third kappa shape index (κ3) is 3.73. The molecule has 0 aromatic heterocycles. The number of piperidine rings is 1. The smallest absolute Gasteiger partial charge is 0.0480 e. The van der Waals surface area contributed by atoms with Gasteiger partial charge >= 0.3 is 0 Å². The van der Waals surface area contributed by atoms with E-state index in [-0.39, 0.29) is 0 Å². The highest BCUT2D eigenvalue weighted by Crippen LogP contribution is 2.09. The Morgan fingerprint density at radius 1 is 1.45 bits per heavy atom. The maximum absolute atomic E-state index is 5.30. The fourth-order valence-corrected chi connectivity index (χ4v) is 1.54. The van der Waals surface area contributed by atoms with E-state index in [1.807, 2.05) is 6.92 Å². The number of hydrogen-bond acceptors (Lipinski definition) is 2. The average Bonchev–Trinajstić information content (AvgIpc) is 2.07. The van der Waals surface area contributed by atoms with Crippen LogP contribution in [0.3, 0.4) is 0 Å². The van der Waals surface area contributed by atoms with E-state index in [4.69, 9.17) is 4.74 Å². The van der Waals surface area contributed by atoms with Crippen LogP contribution in [0.25, 0.3) is 0 Å². The summed E-state index contributed by atoms with van der Waals surface area (Å²) in [5.41, 5.74) is 0. The number of ether oxygens (including phenoxy) is 1. The molecule has 1 aliphatic heterocycles. The summed E-state index contributed by atoms with van der Waals surface area (Å²) in [4.78, 5) is 0. The Labute approximate surface area is 69.3 Å². The van der Waals surface area contributed by atoms with Crippen LogP contribution in [-0.2, 0) is 4.74 Å². The third-order valence-corrected chi connectivity index (χ3v) is 2.23. The van der Waals surface area contributed by atoms with E-state index in [1.165, 1.54) is 32.2 Å². The highest BCUT2D eigenvalue weighted by atomic mass is 16.5. The molecule has 0 spiro atoms. The van der Waals surface area contributed by atoms with Gasteiger partial charge in [0.2, 0.25) is 0 Å². The van der Waals surface area contributed by atoms with E-state index >= 15 is 0 Å². The Morgan fingerprint density at radius 2 is 2.36 bits per heavy atom. The normalized spacial score (nSPS) is 25.4. The summed E-state index contributed by atoms with van der Waals surface area (Å²) in [6.45, 7) is 5.03. The molecule has 66 valence electrons. The molecule has 0 aliphatic carbocycles. The van der Waals surface area contributed by atoms with Gasteiger partial charge in [0.25, 0.3) is 0 Å². The van der Waals surface area contributed by atoms with Crippen LogP contribution in [0.5, 0.6) is 0 Å². The second kappa shape index (κ2) is 5.56. The number of hydrogen-bond donors (Lipinski definition) is 1. The molecular formula is C9H19NO. The van der Waals surface area contributed by atoms with E-state index in [1.54, 1.807) is 0 Å². The summed E-state index contributed by atoms with van der Waals surface area (Å²) >= 11 is 0. The molecule has 1 aliphatic rings. The maximum Gasteiger partial charge on any atom is 0.0480 e. The van der Waals surface area contributed by atoms with Gasteiger partial charge in [-0.05, 0) is 32.7 Å². The highest BCUT2D eigenvalue weighted by Gasteiger charge is 2.10. The summed E-state index contributed by atoms with van der Waals surface area (Å²) in [5.74, 6) is 0. The summed E-state index contributed by atoms with van der Waals surface area (Å²) in [7, 11) is 0. The summed E-state index contributed by atoms with van der Waals surface area (Å²) in [5, 5.41) is 3.50. The van der Waals surface area contributed by atoms with Gasteiger partial charge in [0.15, 0.2) is 0 Å². The van der Waals surface area contributed by atoms with Gasteiger partial charge < -0.3 is 10.1 Å². The molecule has 0 saturated carbocycles. The van der Waals surface area contributed by atoms with Crippen molar-refractivity contribution in [2.24, 2.45) is 0 Å². The first kappa shape index (κ1) is 9.01. The van der Waals surface area contributed by atoms with Gasteiger partial charge in [-0.2, -0.15) is 0 Å². The predicted molar refractivity (Wildman–Crippen MR) is 46.8 cm³/mol. The van der Waals surface area contributed by atoms with E-state index < -0.39 is 0 Å². The summed E-state index contributed by atoms with van der Waals surface area (Å²) < 4.78 is 5.30. The topological polar surface area (TPSA) is 21.3 Å². The van der Waals surface area contributed by atoms with E-state index in [0.717, 1.165) is 19.3 Å². The van der Waals surface area contributed by atoms with Crippen LogP contribution in [0.2, 0.25) is 0 Å². The van der Waals surface area contributed by atoms with Crippen LogP contribution in [0.4, 0.5) is 0 Å². The fourth-order valence-electron chi connectivity index (χ4n) is 1.54. The minimum absolute atomic E-state index is 0.732. The Bertz CT molecular complexity index is 89.6. The molecule has 11 heavy (non-hydrogen) atoms. The molecule has 1 saturated heterocycles. The van der Waals surface area contributed by atoms with Crippen LogP contribution < -0.4 is 5.32 Å². The van der Waals surface area contributed by atoms with Gasteiger partial charge in [-0.25, -0.2) is 0 Å². The standard InChI is InChI=1S/C9H19NO/c1-2-11-8-6-9-5-3-4-7-10-9/h9-10H,2-8H2,1H3/t9-/m1/s1. The lowest BCUT2D eigenvalue weighted by Crippen LogP contribution is -2.34. The molecule has 0 amide bonds. The zero-order chi connectivity index (χ0) is 7.94. The van der Waals surface area contributed by atoms with Crippen molar-refractivity contribution in [2.45, 2.75) is 38.6 Å². The van der Waals surface area contributed by atoms with Gasteiger partial charge in [0.1, 0.15) is 0 Å². The number of rotatable bonds is 4. The van der Waals surface area contributed by atoms with Crippen molar-refractivity contribution in [2.75, 3.05) is 19.8 Å². The fraction of sp³-hybridized carbons (Fsp3) is 1.00. The van der Waals surface area contributed by atoms with Crippen molar-refractivity contribution in [1.29, 1.82) is 0 Å². The molecule has 1 N–H and O–H groups in total. The van der Waals surface area contributed by atoms with Crippen LogP contribution in [-0.4, -0.2) is 25.8 Å². The van der Waals surface area contributed by atoms with Crippen LogP contribution in [0.15, 0.2) is 0 Å². The molecule has 1 heterocycles. The quantitative estimate of drug-likeness (QED) is 0.625. The second-order valence-corrected chi connectivity index (χ2v) is 3.13. The van der Waals surface area contributed by atoms with Gasteiger partial charge in [-0.3, -0.25) is 0 Å². The largest absolute Gasteiger partial charge is 0.382 e. The summed E-state index contributed by atoms with van der Waals surface area (Å²) in [6, 6.07) is 0.732. The van der Waals surface area contributed by atoms with E-state index in [0.29, 0.717) is 0 Å². The molecule has 2 heteroatoms. The Kier molecular flexibility index (Phi) is 4.55. The van der Waals surface area contributed by atoms with Crippen molar-refractivity contribution in [1.82, 2.24) is 5.32 Å². The molecule has 0 unspecified atom stereocenters. The van der Waals surface area contributed by atoms with Crippen molar-refractivity contribution >= 4 is 0 Å². The van der Waals surface area contributed by atoms with Gasteiger partial charge in [-0.1, -0.05) is 6.42 Å². The van der Waals surface area contributed by atoms with Crippen molar-refractivity contribution < 1.29 is 4.74 Å². The van der Waals surface area contributed by atoms with E-state index in [9.17, 15) is 0 Å². The highest BCUT2D eigenvalue weighted by molar-refractivity contribution is 4.71. The minimum Gasteiger partial charge on any atom is -0.382 e. The summed E-state index contributed by atoms with van der Waals surface area (Å²) in [6.07, 6.45) is 5.27. The predicted octanol–water partition coefficient (Wildman–Crippen LogP) is 1.56. The SMILES string of the molecule is CCOCC[C@H]1CCCCN1. The first-order valence-electron chi connectivity index (χ1n) is 4.74. The molecule has 0 bridgehead atoms. The lowest BCUT2D eigenvalue weighted by atomic mass is 10.0. The molecule has 0 aromatic rings. The maximum atomic E-state index is 5.30. The second-order valence-electron chi connectivity index (χ2n) is 3.13. The van der Waals surface area contributed by atoms with Crippen LogP contribution in [0, 0.1) is 0 Å².